The van der Waals surface area contributed by atoms with Crippen LogP contribution >= 0.6 is 0 Å². The third-order valence-electron chi connectivity index (χ3n) is 3.56. The molecule has 1 amide bonds. The molecule has 0 aromatic heterocycles. The van der Waals surface area contributed by atoms with Crippen molar-refractivity contribution in [2.45, 2.75) is 44.7 Å². The molecule has 2 N–H and O–H groups in total. The lowest BCUT2D eigenvalue weighted by Gasteiger charge is -2.25. The third kappa shape index (κ3) is 3.77. The van der Waals surface area contributed by atoms with E-state index in [1.165, 1.54) is 12.1 Å². The van der Waals surface area contributed by atoms with E-state index in [-0.39, 0.29) is 11.7 Å². The second kappa shape index (κ2) is 6.15. The normalized spacial score (nSPS) is 16.2. The fourth-order valence-electron chi connectivity index (χ4n) is 2.19. The zero-order valence-corrected chi connectivity index (χ0v) is 11.3. The van der Waals surface area contributed by atoms with Crippen molar-refractivity contribution < 1.29 is 9.18 Å². The van der Waals surface area contributed by atoms with Crippen LogP contribution in [0.25, 0.3) is 0 Å². The number of carbonyl (C=O) groups excluding carboxylic acids is 1. The van der Waals surface area contributed by atoms with Crippen LogP contribution in [0.15, 0.2) is 24.3 Å². The highest BCUT2D eigenvalue weighted by molar-refractivity contribution is 5.82. The number of rotatable bonds is 6. The topological polar surface area (TPSA) is 46.3 Å². The molecule has 1 aromatic carbocycles. The van der Waals surface area contributed by atoms with Gasteiger partial charge < -0.3 is 10.6 Å². The van der Waals surface area contributed by atoms with Gasteiger partial charge in [-0.15, -0.1) is 0 Å². The van der Waals surface area contributed by atoms with Crippen LogP contribution < -0.4 is 5.73 Å². The molecule has 0 saturated heterocycles. The molecule has 0 aliphatic heterocycles. The Balaban J connectivity index is 1.96. The number of nitrogens with zero attached hydrogens (tertiary/aromatic N) is 1. The predicted molar refractivity (Wildman–Crippen MR) is 73.1 cm³/mol. The standard InChI is InChI=1S/C15H21FN2O/c1-2-14(17)15(19)18(13-6-7-13)9-8-11-4-3-5-12(16)10-11/h3-5,10,13-14H,2,6-9,17H2,1H3/t14-/m0/s1. The average Bonchev–Trinajstić information content (AvgIpc) is 3.22. The van der Waals surface area contributed by atoms with Crippen LogP contribution in [0.5, 0.6) is 0 Å². The minimum atomic E-state index is -0.409. The van der Waals surface area contributed by atoms with E-state index in [1.54, 1.807) is 6.07 Å². The van der Waals surface area contributed by atoms with Crippen molar-refractivity contribution in [3.8, 4) is 0 Å². The Hall–Kier alpha value is -1.42. The van der Waals surface area contributed by atoms with Crippen molar-refractivity contribution in [2.75, 3.05) is 6.54 Å². The van der Waals surface area contributed by atoms with Gasteiger partial charge in [-0.05, 0) is 43.4 Å². The summed E-state index contributed by atoms with van der Waals surface area (Å²) in [6.07, 6.45) is 3.45. The van der Waals surface area contributed by atoms with Crippen LogP contribution in [0.3, 0.4) is 0 Å². The van der Waals surface area contributed by atoms with Crippen molar-refractivity contribution in [2.24, 2.45) is 5.73 Å². The summed E-state index contributed by atoms with van der Waals surface area (Å²) in [4.78, 5) is 14.0. The smallest absolute Gasteiger partial charge is 0.239 e. The average molecular weight is 264 g/mol. The number of hydrogen-bond donors (Lipinski definition) is 1. The van der Waals surface area contributed by atoms with Crippen LogP contribution in [0.1, 0.15) is 31.7 Å². The number of benzene rings is 1. The highest BCUT2D eigenvalue weighted by Crippen LogP contribution is 2.27. The minimum Gasteiger partial charge on any atom is -0.338 e. The van der Waals surface area contributed by atoms with Gasteiger partial charge in [0.05, 0.1) is 6.04 Å². The lowest BCUT2D eigenvalue weighted by molar-refractivity contribution is -0.133. The molecule has 104 valence electrons. The fourth-order valence-corrected chi connectivity index (χ4v) is 2.19. The van der Waals surface area contributed by atoms with Crippen LogP contribution in [0.2, 0.25) is 0 Å². The van der Waals surface area contributed by atoms with Crippen molar-refractivity contribution >= 4 is 5.91 Å². The monoisotopic (exact) mass is 264 g/mol. The molecule has 1 atom stereocenters. The molecule has 19 heavy (non-hydrogen) atoms. The van der Waals surface area contributed by atoms with E-state index < -0.39 is 6.04 Å². The lowest BCUT2D eigenvalue weighted by atomic mass is 10.1. The Labute approximate surface area is 113 Å². The molecule has 0 bridgehead atoms. The first-order valence-electron chi connectivity index (χ1n) is 6.92. The zero-order valence-electron chi connectivity index (χ0n) is 11.3. The summed E-state index contributed by atoms with van der Waals surface area (Å²) in [6, 6.07) is 6.48. The summed E-state index contributed by atoms with van der Waals surface area (Å²) >= 11 is 0. The molecular formula is C15H21FN2O. The van der Waals surface area contributed by atoms with Crippen molar-refractivity contribution in [3.63, 3.8) is 0 Å². The van der Waals surface area contributed by atoms with E-state index in [0.717, 1.165) is 18.4 Å². The zero-order chi connectivity index (χ0) is 13.8. The molecule has 1 fully saturated rings. The van der Waals surface area contributed by atoms with Crippen molar-refractivity contribution in [3.05, 3.63) is 35.6 Å². The number of halogens is 1. The van der Waals surface area contributed by atoms with E-state index in [4.69, 9.17) is 5.73 Å². The van der Waals surface area contributed by atoms with Gasteiger partial charge in [0.1, 0.15) is 5.82 Å². The van der Waals surface area contributed by atoms with Gasteiger partial charge >= 0.3 is 0 Å². The lowest BCUT2D eigenvalue weighted by Crippen LogP contribution is -2.45. The molecule has 0 spiro atoms. The number of hydrogen-bond acceptors (Lipinski definition) is 2. The van der Waals surface area contributed by atoms with Gasteiger partial charge in [-0.3, -0.25) is 4.79 Å². The quantitative estimate of drug-likeness (QED) is 0.855. The number of nitrogens with two attached hydrogens (primary N) is 1. The summed E-state index contributed by atoms with van der Waals surface area (Å²) in [5.74, 6) is -0.200. The van der Waals surface area contributed by atoms with Crippen LogP contribution in [0, 0.1) is 5.82 Å². The SMILES string of the molecule is CC[C@H](N)C(=O)N(CCc1cccc(F)c1)C1CC1. The summed E-state index contributed by atoms with van der Waals surface area (Å²) in [5.41, 5.74) is 6.74. The molecule has 0 heterocycles. The van der Waals surface area contributed by atoms with E-state index in [0.29, 0.717) is 25.4 Å². The molecule has 0 unspecified atom stereocenters. The van der Waals surface area contributed by atoms with Gasteiger partial charge in [-0.2, -0.15) is 0 Å². The van der Waals surface area contributed by atoms with Gasteiger partial charge in [0.15, 0.2) is 0 Å². The molecular weight excluding hydrogens is 243 g/mol. The molecule has 3 nitrogen and oxygen atoms in total. The van der Waals surface area contributed by atoms with E-state index in [1.807, 2.05) is 17.9 Å². The fraction of sp³-hybridized carbons (Fsp3) is 0.533. The maximum absolute atomic E-state index is 13.1. The largest absolute Gasteiger partial charge is 0.338 e. The Morgan fingerprint density at radius 1 is 1.53 bits per heavy atom. The van der Waals surface area contributed by atoms with Gasteiger partial charge in [-0.1, -0.05) is 19.1 Å². The Kier molecular flexibility index (Phi) is 4.53. The minimum absolute atomic E-state index is 0.0291. The summed E-state index contributed by atoms with van der Waals surface area (Å²) in [7, 11) is 0. The molecule has 1 aliphatic rings. The summed E-state index contributed by atoms with van der Waals surface area (Å²) in [6.45, 7) is 2.54. The molecule has 1 saturated carbocycles. The second-order valence-corrected chi connectivity index (χ2v) is 5.16. The van der Waals surface area contributed by atoms with Gasteiger partial charge in [0.2, 0.25) is 5.91 Å². The van der Waals surface area contributed by atoms with E-state index in [9.17, 15) is 9.18 Å². The highest BCUT2D eigenvalue weighted by atomic mass is 19.1. The third-order valence-corrected chi connectivity index (χ3v) is 3.56. The highest BCUT2D eigenvalue weighted by Gasteiger charge is 2.33. The van der Waals surface area contributed by atoms with Gasteiger partial charge in [-0.25, -0.2) is 4.39 Å². The van der Waals surface area contributed by atoms with Gasteiger partial charge in [0, 0.05) is 12.6 Å². The number of amides is 1. The van der Waals surface area contributed by atoms with Crippen LogP contribution in [-0.2, 0) is 11.2 Å². The first-order chi connectivity index (χ1) is 9.11. The maximum atomic E-state index is 13.1. The number of carbonyl (C=O) groups is 1. The molecule has 1 aliphatic carbocycles. The summed E-state index contributed by atoms with van der Waals surface area (Å²) in [5, 5.41) is 0. The van der Waals surface area contributed by atoms with Gasteiger partial charge in [0.25, 0.3) is 0 Å². The van der Waals surface area contributed by atoms with E-state index >= 15 is 0 Å². The molecule has 4 heteroatoms. The second-order valence-electron chi connectivity index (χ2n) is 5.16. The predicted octanol–water partition coefficient (Wildman–Crippen LogP) is 2.10. The Morgan fingerprint density at radius 3 is 2.84 bits per heavy atom. The summed E-state index contributed by atoms with van der Waals surface area (Å²) < 4.78 is 13.1. The van der Waals surface area contributed by atoms with Crippen molar-refractivity contribution in [1.82, 2.24) is 4.90 Å². The molecule has 2 rings (SSSR count). The van der Waals surface area contributed by atoms with Crippen molar-refractivity contribution in [1.29, 1.82) is 0 Å². The first-order valence-corrected chi connectivity index (χ1v) is 6.92. The first kappa shape index (κ1) is 14.0. The van der Waals surface area contributed by atoms with E-state index in [2.05, 4.69) is 0 Å². The Morgan fingerprint density at radius 2 is 2.26 bits per heavy atom. The molecule has 0 radical (unpaired) electrons. The van der Waals surface area contributed by atoms with Crippen LogP contribution in [0.4, 0.5) is 4.39 Å². The van der Waals surface area contributed by atoms with Crippen LogP contribution in [-0.4, -0.2) is 29.4 Å². The Bertz CT molecular complexity index is 446. The molecule has 1 aromatic rings. The maximum Gasteiger partial charge on any atom is 0.239 e.